The van der Waals surface area contributed by atoms with E-state index in [9.17, 15) is 10.1 Å². The summed E-state index contributed by atoms with van der Waals surface area (Å²) in [5.74, 6) is 0.586. The first kappa shape index (κ1) is 12.7. The summed E-state index contributed by atoms with van der Waals surface area (Å²) in [6, 6.07) is 11.8. The van der Waals surface area contributed by atoms with Gasteiger partial charge in [-0.1, -0.05) is 37.3 Å². The highest BCUT2D eigenvalue weighted by Crippen LogP contribution is 2.33. The van der Waals surface area contributed by atoms with Gasteiger partial charge < -0.3 is 4.98 Å². The first-order chi connectivity index (χ1) is 9.70. The Morgan fingerprint density at radius 2 is 2.05 bits per heavy atom. The maximum absolute atomic E-state index is 12.1. The van der Waals surface area contributed by atoms with Gasteiger partial charge in [0.2, 0.25) is 0 Å². The van der Waals surface area contributed by atoms with Crippen molar-refractivity contribution in [3.05, 3.63) is 57.5 Å². The fourth-order valence-electron chi connectivity index (χ4n) is 3.00. The molecule has 100 valence electrons. The van der Waals surface area contributed by atoms with E-state index in [1.165, 1.54) is 0 Å². The van der Waals surface area contributed by atoms with Gasteiger partial charge in [-0.15, -0.1) is 0 Å². The standard InChI is InChI=1S/C17H16N2O/c1-11-7-8-15-13(9-11)16(12-5-3-2-4-6-12)14(10-18)17(20)19-15/h2-6,11H,7-9H2,1H3,(H,19,20). The summed E-state index contributed by atoms with van der Waals surface area (Å²) in [6.07, 6.45) is 2.89. The van der Waals surface area contributed by atoms with Crippen LogP contribution in [0.4, 0.5) is 0 Å². The molecule has 0 spiro atoms. The quantitative estimate of drug-likeness (QED) is 0.860. The number of nitrogens with one attached hydrogen (secondary N) is 1. The number of nitriles is 1. The molecule has 1 atom stereocenters. The van der Waals surface area contributed by atoms with Gasteiger partial charge in [-0.25, -0.2) is 0 Å². The van der Waals surface area contributed by atoms with E-state index in [1.807, 2.05) is 30.3 Å². The molecule has 1 N–H and O–H groups in total. The van der Waals surface area contributed by atoms with Crippen molar-refractivity contribution in [2.45, 2.75) is 26.2 Å². The minimum Gasteiger partial charge on any atom is -0.325 e. The van der Waals surface area contributed by atoms with Crippen molar-refractivity contribution >= 4 is 0 Å². The Morgan fingerprint density at radius 3 is 2.75 bits per heavy atom. The Kier molecular flexibility index (Phi) is 3.15. The molecular formula is C17H16N2O. The van der Waals surface area contributed by atoms with Gasteiger partial charge in [-0.3, -0.25) is 4.79 Å². The highest BCUT2D eigenvalue weighted by atomic mass is 16.1. The number of benzene rings is 1. The second kappa shape index (κ2) is 4.97. The molecule has 3 heteroatoms. The van der Waals surface area contributed by atoms with Gasteiger partial charge >= 0.3 is 0 Å². The predicted molar refractivity (Wildman–Crippen MR) is 78.4 cm³/mol. The third-order valence-corrected chi connectivity index (χ3v) is 4.02. The van der Waals surface area contributed by atoms with Crippen molar-refractivity contribution < 1.29 is 0 Å². The van der Waals surface area contributed by atoms with Crippen molar-refractivity contribution in [3.8, 4) is 17.2 Å². The summed E-state index contributed by atoms with van der Waals surface area (Å²) in [7, 11) is 0. The number of aryl methyl sites for hydroxylation is 1. The maximum atomic E-state index is 12.1. The largest absolute Gasteiger partial charge is 0.325 e. The van der Waals surface area contributed by atoms with Crippen LogP contribution in [0.25, 0.3) is 11.1 Å². The molecule has 0 bridgehead atoms. The molecule has 2 aromatic rings. The molecule has 0 saturated heterocycles. The molecule has 0 aliphatic heterocycles. The van der Waals surface area contributed by atoms with Crippen molar-refractivity contribution in [1.82, 2.24) is 4.98 Å². The average Bonchev–Trinajstić information content (AvgIpc) is 2.47. The lowest BCUT2D eigenvalue weighted by Gasteiger charge is -2.24. The second-order valence-electron chi connectivity index (χ2n) is 5.49. The van der Waals surface area contributed by atoms with E-state index in [2.05, 4.69) is 18.0 Å². The molecule has 1 heterocycles. The monoisotopic (exact) mass is 264 g/mol. The molecule has 0 fully saturated rings. The van der Waals surface area contributed by atoms with Crippen LogP contribution in [0.15, 0.2) is 35.1 Å². The van der Waals surface area contributed by atoms with Gasteiger partial charge in [-0.2, -0.15) is 5.26 Å². The maximum Gasteiger partial charge on any atom is 0.266 e. The fraction of sp³-hybridized carbons (Fsp3) is 0.294. The Balaban J connectivity index is 2.34. The van der Waals surface area contributed by atoms with Gasteiger partial charge in [0, 0.05) is 11.3 Å². The molecule has 0 radical (unpaired) electrons. The number of nitrogens with zero attached hydrogens (tertiary/aromatic N) is 1. The molecule has 20 heavy (non-hydrogen) atoms. The average molecular weight is 264 g/mol. The van der Waals surface area contributed by atoms with Crippen LogP contribution in [0.2, 0.25) is 0 Å². The summed E-state index contributed by atoms with van der Waals surface area (Å²) in [4.78, 5) is 15.0. The van der Waals surface area contributed by atoms with Crippen LogP contribution < -0.4 is 5.56 Å². The zero-order valence-electron chi connectivity index (χ0n) is 11.4. The van der Waals surface area contributed by atoms with Crippen molar-refractivity contribution in [2.75, 3.05) is 0 Å². The van der Waals surface area contributed by atoms with Crippen LogP contribution in [0.3, 0.4) is 0 Å². The lowest BCUT2D eigenvalue weighted by atomic mass is 9.82. The minimum atomic E-state index is -0.264. The molecule has 1 unspecified atom stereocenters. The first-order valence-electron chi connectivity index (χ1n) is 6.94. The molecular weight excluding hydrogens is 248 g/mol. The van der Waals surface area contributed by atoms with Gasteiger partial charge in [0.1, 0.15) is 11.6 Å². The molecule has 1 aliphatic rings. The Morgan fingerprint density at radius 1 is 1.30 bits per heavy atom. The van der Waals surface area contributed by atoms with E-state index in [-0.39, 0.29) is 11.1 Å². The minimum absolute atomic E-state index is 0.240. The number of rotatable bonds is 1. The van der Waals surface area contributed by atoms with Crippen molar-refractivity contribution in [2.24, 2.45) is 5.92 Å². The molecule has 1 aromatic heterocycles. The molecule has 0 amide bonds. The number of pyridine rings is 1. The van der Waals surface area contributed by atoms with Crippen molar-refractivity contribution in [3.63, 3.8) is 0 Å². The highest BCUT2D eigenvalue weighted by Gasteiger charge is 2.23. The SMILES string of the molecule is CC1CCc2[nH]c(=O)c(C#N)c(-c3ccccc3)c2C1. The van der Waals surface area contributed by atoms with E-state index in [0.29, 0.717) is 5.92 Å². The van der Waals surface area contributed by atoms with Crippen molar-refractivity contribution in [1.29, 1.82) is 5.26 Å². The van der Waals surface area contributed by atoms with Gasteiger partial charge in [0.25, 0.3) is 5.56 Å². The molecule has 1 aromatic carbocycles. The van der Waals surface area contributed by atoms with E-state index >= 15 is 0 Å². The third kappa shape index (κ3) is 2.04. The van der Waals surface area contributed by atoms with E-state index in [4.69, 9.17) is 0 Å². The Labute approximate surface area is 117 Å². The fourth-order valence-corrected chi connectivity index (χ4v) is 3.00. The Hall–Kier alpha value is -2.34. The van der Waals surface area contributed by atoms with Gasteiger partial charge in [-0.05, 0) is 36.3 Å². The number of hydrogen-bond acceptors (Lipinski definition) is 2. The number of hydrogen-bond donors (Lipinski definition) is 1. The molecule has 1 aliphatic carbocycles. The number of fused-ring (bicyclic) bond motifs is 1. The highest BCUT2D eigenvalue weighted by molar-refractivity contribution is 5.74. The molecule has 3 nitrogen and oxygen atoms in total. The number of aromatic amines is 1. The smallest absolute Gasteiger partial charge is 0.266 e. The molecule has 0 saturated carbocycles. The second-order valence-corrected chi connectivity index (χ2v) is 5.49. The summed E-state index contributed by atoms with van der Waals surface area (Å²) < 4.78 is 0. The summed E-state index contributed by atoms with van der Waals surface area (Å²) in [5.41, 5.74) is 3.92. The van der Waals surface area contributed by atoms with Crippen LogP contribution in [0.1, 0.15) is 30.2 Å². The van der Waals surface area contributed by atoms with Crippen LogP contribution in [-0.4, -0.2) is 4.98 Å². The third-order valence-electron chi connectivity index (χ3n) is 4.02. The summed E-state index contributed by atoms with van der Waals surface area (Å²) in [5, 5.41) is 9.36. The molecule has 3 rings (SSSR count). The summed E-state index contributed by atoms with van der Waals surface area (Å²) in [6.45, 7) is 2.22. The lowest BCUT2D eigenvalue weighted by molar-refractivity contribution is 0.494. The zero-order valence-corrected chi connectivity index (χ0v) is 11.4. The van der Waals surface area contributed by atoms with E-state index < -0.39 is 0 Å². The number of H-pyrrole nitrogens is 1. The van der Waals surface area contributed by atoms with Crippen LogP contribution in [0.5, 0.6) is 0 Å². The number of aromatic nitrogens is 1. The van der Waals surface area contributed by atoms with E-state index in [0.717, 1.165) is 41.6 Å². The zero-order chi connectivity index (χ0) is 14.1. The van der Waals surface area contributed by atoms with Crippen LogP contribution in [-0.2, 0) is 12.8 Å². The topological polar surface area (TPSA) is 56.6 Å². The first-order valence-corrected chi connectivity index (χ1v) is 6.94. The Bertz CT molecular complexity index is 738. The van der Waals surface area contributed by atoms with Crippen LogP contribution >= 0.6 is 0 Å². The predicted octanol–water partition coefficient (Wildman–Crippen LogP) is 3.04. The van der Waals surface area contributed by atoms with Gasteiger partial charge in [0.05, 0.1) is 0 Å². The van der Waals surface area contributed by atoms with Crippen LogP contribution in [0, 0.1) is 17.2 Å². The van der Waals surface area contributed by atoms with E-state index in [1.54, 1.807) is 0 Å². The van der Waals surface area contributed by atoms with Gasteiger partial charge in [0.15, 0.2) is 0 Å². The summed E-state index contributed by atoms with van der Waals surface area (Å²) >= 11 is 0. The normalized spacial score (nSPS) is 17.3. The lowest BCUT2D eigenvalue weighted by Crippen LogP contribution is -2.22.